The maximum Gasteiger partial charge on any atom is 0.325 e. The van der Waals surface area contributed by atoms with E-state index in [2.05, 4.69) is 10.6 Å². The first-order chi connectivity index (χ1) is 12.8. The van der Waals surface area contributed by atoms with Crippen LogP contribution in [0, 0.1) is 6.92 Å². The van der Waals surface area contributed by atoms with Crippen molar-refractivity contribution < 1.29 is 19.1 Å². The lowest BCUT2D eigenvalue weighted by molar-refractivity contribution is -0.134. The molecule has 0 bridgehead atoms. The fourth-order valence-electron chi connectivity index (χ4n) is 3.77. The van der Waals surface area contributed by atoms with Gasteiger partial charge in [-0.1, -0.05) is 19.3 Å². The van der Waals surface area contributed by atoms with Crippen LogP contribution in [-0.2, 0) is 9.59 Å². The highest BCUT2D eigenvalue weighted by Gasteiger charge is 2.51. The Morgan fingerprint density at radius 1 is 1.26 bits per heavy atom. The van der Waals surface area contributed by atoms with E-state index in [0.29, 0.717) is 18.5 Å². The zero-order chi connectivity index (χ0) is 19.6. The van der Waals surface area contributed by atoms with Crippen LogP contribution in [0.15, 0.2) is 18.2 Å². The van der Waals surface area contributed by atoms with Crippen LogP contribution < -0.4 is 15.4 Å². The van der Waals surface area contributed by atoms with Gasteiger partial charge in [0.1, 0.15) is 17.8 Å². The number of benzene rings is 1. The fraction of sp³-hybridized carbons (Fsp3) is 0.550. The first-order valence-electron chi connectivity index (χ1n) is 9.52. The van der Waals surface area contributed by atoms with Gasteiger partial charge in [-0.15, -0.1) is 0 Å². The number of amides is 4. The van der Waals surface area contributed by atoms with E-state index in [4.69, 9.17) is 4.74 Å². The molecule has 7 heteroatoms. The molecule has 1 saturated heterocycles. The zero-order valence-electron chi connectivity index (χ0n) is 16.1. The summed E-state index contributed by atoms with van der Waals surface area (Å²) in [6.07, 6.45) is 4.25. The third-order valence-corrected chi connectivity index (χ3v) is 5.10. The van der Waals surface area contributed by atoms with Crippen molar-refractivity contribution >= 4 is 23.5 Å². The van der Waals surface area contributed by atoms with Gasteiger partial charge >= 0.3 is 6.03 Å². The predicted octanol–water partition coefficient (Wildman–Crippen LogP) is 2.98. The summed E-state index contributed by atoms with van der Waals surface area (Å²) in [7, 11) is 0. The Bertz CT molecular complexity index is 754. The van der Waals surface area contributed by atoms with Crippen LogP contribution in [0.3, 0.4) is 0 Å². The summed E-state index contributed by atoms with van der Waals surface area (Å²) < 4.78 is 5.64. The van der Waals surface area contributed by atoms with Crippen molar-refractivity contribution in [1.82, 2.24) is 10.2 Å². The van der Waals surface area contributed by atoms with Gasteiger partial charge in [0.05, 0.1) is 6.10 Å². The number of nitrogens with one attached hydrogen (secondary N) is 2. The highest BCUT2D eigenvalue weighted by molar-refractivity contribution is 6.10. The molecular weight excluding hydrogens is 346 g/mol. The third-order valence-electron chi connectivity index (χ3n) is 5.10. The van der Waals surface area contributed by atoms with E-state index in [1.54, 1.807) is 12.1 Å². The minimum Gasteiger partial charge on any atom is -0.491 e. The smallest absolute Gasteiger partial charge is 0.325 e. The standard InChI is InChI=1S/C20H27N3O4/c1-13(2)27-15-7-8-16(14(3)11-15)21-17(24)12-23-18(25)20(22-19(23)26)9-5-4-6-10-20/h7-8,11,13H,4-6,9-10,12H2,1-3H3,(H,21,24)(H,22,26). The van der Waals surface area contributed by atoms with Crippen molar-refractivity contribution in [2.75, 3.05) is 11.9 Å². The third kappa shape index (κ3) is 4.07. The van der Waals surface area contributed by atoms with Crippen LogP contribution in [0.4, 0.5) is 10.5 Å². The number of carbonyl (C=O) groups excluding carboxylic acids is 3. The molecule has 2 fully saturated rings. The average molecular weight is 373 g/mol. The van der Waals surface area contributed by atoms with Crippen molar-refractivity contribution in [2.45, 2.75) is 64.5 Å². The molecule has 2 aliphatic rings. The lowest BCUT2D eigenvalue weighted by Crippen LogP contribution is -2.48. The van der Waals surface area contributed by atoms with Gasteiger partial charge in [-0.2, -0.15) is 0 Å². The Hall–Kier alpha value is -2.57. The van der Waals surface area contributed by atoms with Crippen LogP contribution in [0.1, 0.15) is 51.5 Å². The molecule has 1 spiro atoms. The number of aryl methyl sites for hydroxylation is 1. The normalized spacial score (nSPS) is 18.7. The molecule has 1 heterocycles. The van der Waals surface area contributed by atoms with Gasteiger partial charge in [-0.3, -0.25) is 14.5 Å². The topological polar surface area (TPSA) is 87.7 Å². The van der Waals surface area contributed by atoms with Crippen LogP contribution >= 0.6 is 0 Å². The van der Waals surface area contributed by atoms with Crippen molar-refractivity contribution in [2.24, 2.45) is 0 Å². The molecule has 0 aromatic heterocycles. The van der Waals surface area contributed by atoms with E-state index < -0.39 is 17.5 Å². The highest BCUT2D eigenvalue weighted by atomic mass is 16.5. The summed E-state index contributed by atoms with van der Waals surface area (Å²) in [5, 5.41) is 5.60. The van der Waals surface area contributed by atoms with Gasteiger partial charge in [0.25, 0.3) is 5.91 Å². The number of urea groups is 1. The van der Waals surface area contributed by atoms with Crippen molar-refractivity contribution in [3.8, 4) is 5.75 Å². The fourth-order valence-corrected chi connectivity index (χ4v) is 3.77. The van der Waals surface area contributed by atoms with Crippen LogP contribution in [0.25, 0.3) is 0 Å². The number of imide groups is 1. The van der Waals surface area contributed by atoms with Gasteiger partial charge in [0, 0.05) is 5.69 Å². The first-order valence-corrected chi connectivity index (χ1v) is 9.52. The second kappa shape index (κ2) is 7.58. The number of rotatable bonds is 5. The lowest BCUT2D eigenvalue weighted by atomic mass is 9.82. The molecule has 0 radical (unpaired) electrons. The highest BCUT2D eigenvalue weighted by Crippen LogP contribution is 2.33. The molecule has 1 aliphatic heterocycles. The molecule has 1 aromatic rings. The van der Waals surface area contributed by atoms with Gasteiger partial charge in [-0.25, -0.2) is 4.79 Å². The minimum atomic E-state index is -0.804. The van der Waals surface area contributed by atoms with Crippen LogP contribution in [0.5, 0.6) is 5.75 Å². The number of anilines is 1. The molecule has 1 saturated carbocycles. The number of carbonyl (C=O) groups is 3. The van der Waals surface area contributed by atoms with E-state index in [9.17, 15) is 14.4 Å². The quantitative estimate of drug-likeness (QED) is 0.777. The number of nitrogens with zero attached hydrogens (tertiary/aromatic N) is 1. The lowest BCUT2D eigenvalue weighted by Gasteiger charge is -2.30. The van der Waals surface area contributed by atoms with E-state index >= 15 is 0 Å². The molecule has 4 amide bonds. The molecule has 3 rings (SSSR count). The van der Waals surface area contributed by atoms with Crippen molar-refractivity contribution in [1.29, 1.82) is 0 Å². The van der Waals surface area contributed by atoms with E-state index in [1.807, 2.05) is 26.8 Å². The second-order valence-corrected chi connectivity index (χ2v) is 7.66. The molecule has 2 N–H and O–H groups in total. The van der Waals surface area contributed by atoms with E-state index in [-0.39, 0.29) is 18.6 Å². The summed E-state index contributed by atoms with van der Waals surface area (Å²) in [4.78, 5) is 38.5. The Morgan fingerprint density at radius 2 is 1.96 bits per heavy atom. The largest absolute Gasteiger partial charge is 0.491 e. The molecule has 1 aliphatic carbocycles. The average Bonchev–Trinajstić information content (AvgIpc) is 2.82. The van der Waals surface area contributed by atoms with Gasteiger partial charge in [0.2, 0.25) is 5.91 Å². The molecule has 146 valence electrons. The molecule has 7 nitrogen and oxygen atoms in total. The molecule has 0 unspecified atom stereocenters. The number of ether oxygens (including phenoxy) is 1. The maximum absolute atomic E-state index is 12.7. The Labute approximate surface area is 159 Å². The number of hydrogen-bond acceptors (Lipinski definition) is 4. The molecule has 27 heavy (non-hydrogen) atoms. The maximum atomic E-state index is 12.7. The van der Waals surface area contributed by atoms with E-state index in [1.165, 1.54) is 0 Å². The van der Waals surface area contributed by atoms with Crippen molar-refractivity contribution in [3.05, 3.63) is 23.8 Å². The van der Waals surface area contributed by atoms with Crippen LogP contribution in [-0.4, -0.2) is 40.9 Å². The number of hydrogen-bond donors (Lipinski definition) is 2. The zero-order valence-corrected chi connectivity index (χ0v) is 16.1. The van der Waals surface area contributed by atoms with Gasteiger partial charge in [0.15, 0.2) is 0 Å². The molecule has 0 atom stereocenters. The summed E-state index contributed by atoms with van der Waals surface area (Å²) in [6, 6.07) is 4.92. The summed E-state index contributed by atoms with van der Waals surface area (Å²) in [5.74, 6) is 0.0561. The summed E-state index contributed by atoms with van der Waals surface area (Å²) in [5.41, 5.74) is 0.680. The Kier molecular flexibility index (Phi) is 5.39. The Morgan fingerprint density at radius 3 is 2.59 bits per heavy atom. The monoisotopic (exact) mass is 373 g/mol. The van der Waals surface area contributed by atoms with E-state index in [0.717, 1.165) is 35.5 Å². The summed E-state index contributed by atoms with van der Waals surface area (Å²) in [6.45, 7) is 5.48. The SMILES string of the molecule is Cc1cc(OC(C)C)ccc1NC(=O)CN1C(=O)NC2(CCCCC2)C1=O. The predicted molar refractivity (Wildman–Crippen MR) is 102 cm³/mol. The molecule has 1 aromatic carbocycles. The van der Waals surface area contributed by atoms with Crippen molar-refractivity contribution in [3.63, 3.8) is 0 Å². The molecular formula is C20H27N3O4. The first kappa shape index (κ1) is 19.2. The Balaban J connectivity index is 1.64. The summed E-state index contributed by atoms with van der Waals surface area (Å²) >= 11 is 0. The second-order valence-electron chi connectivity index (χ2n) is 7.66. The minimum absolute atomic E-state index is 0.0663. The van der Waals surface area contributed by atoms with Gasteiger partial charge in [-0.05, 0) is 57.4 Å². The van der Waals surface area contributed by atoms with Crippen LogP contribution in [0.2, 0.25) is 0 Å². The van der Waals surface area contributed by atoms with Gasteiger partial charge < -0.3 is 15.4 Å².